The van der Waals surface area contributed by atoms with Gasteiger partial charge in [-0.05, 0) is 44.1 Å². The molecule has 0 saturated heterocycles. The maximum atomic E-state index is 5.44. The standard InChI is InChI=1S/C15H21N5S/c1-2-19(11-12-7-5-6-10-16-12)14-17-18-15(21)20(14)13-8-3-4-9-13/h5-7,10,13H,2-4,8-9,11H2,1H3,(H,18,21). The number of pyridine rings is 1. The third-order valence-corrected chi connectivity index (χ3v) is 4.41. The molecule has 2 aromatic rings. The second-order valence-corrected chi connectivity index (χ2v) is 5.86. The lowest BCUT2D eigenvalue weighted by Gasteiger charge is -2.24. The van der Waals surface area contributed by atoms with Crippen LogP contribution in [-0.4, -0.2) is 26.3 Å². The van der Waals surface area contributed by atoms with E-state index in [-0.39, 0.29) is 0 Å². The summed E-state index contributed by atoms with van der Waals surface area (Å²) in [4.78, 5) is 6.64. The Balaban J connectivity index is 1.89. The van der Waals surface area contributed by atoms with Crippen molar-refractivity contribution in [3.63, 3.8) is 0 Å². The molecule has 1 saturated carbocycles. The third kappa shape index (κ3) is 3.00. The summed E-state index contributed by atoms with van der Waals surface area (Å²) in [7, 11) is 0. The first-order chi connectivity index (χ1) is 10.3. The summed E-state index contributed by atoms with van der Waals surface area (Å²) in [5.74, 6) is 0.944. The van der Waals surface area contributed by atoms with E-state index in [0.717, 1.165) is 29.5 Å². The van der Waals surface area contributed by atoms with Gasteiger partial charge in [0.2, 0.25) is 5.95 Å². The molecule has 3 rings (SSSR count). The van der Waals surface area contributed by atoms with Gasteiger partial charge in [0.15, 0.2) is 4.77 Å². The van der Waals surface area contributed by atoms with Gasteiger partial charge < -0.3 is 4.90 Å². The van der Waals surface area contributed by atoms with Crippen LogP contribution in [0.2, 0.25) is 0 Å². The van der Waals surface area contributed by atoms with E-state index in [0.29, 0.717) is 6.04 Å². The highest BCUT2D eigenvalue weighted by atomic mass is 32.1. The number of hydrogen-bond donors (Lipinski definition) is 1. The van der Waals surface area contributed by atoms with Gasteiger partial charge in [-0.2, -0.15) is 0 Å². The van der Waals surface area contributed by atoms with E-state index in [1.165, 1.54) is 25.7 Å². The van der Waals surface area contributed by atoms with Gasteiger partial charge in [0.25, 0.3) is 0 Å². The highest BCUT2D eigenvalue weighted by Crippen LogP contribution is 2.32. The van der Waals surface area contributed by atoms with Gasteiger partial charge in [-0.1, -0.05) is 18.9 Å². The Morgan fingerprint density at radius 3 is 2.86 bits per heavy atom. The Hall–Kier alpha value is -1.69. The largest absolute Gasteiger partial charge is 0.335 e. The van der Waals surface area contributed by atoms with Crippen LogP contribution in [0.5, 0.6) is 0 Å². The summed E-state index contributed by atoms with van der Waals surface area (Å²) in [5, 5.41) is 7.44. The van der Waals surface area contributed by atoms with Crippen molar-refractivity contribution < 1.29 is 0 Å². The first kappa shape index (κ1) is 14.3. The molecule has 0 atom stereocenters. The number of nitrogens with one attached hydrogen (secondary N) is 1. The zero-order chi connectivity index (χ0) is 14.7. The summed E-state index contributed by atoms with van der Waals surface area (Å²) >= 11 is 5.44. The van der Waals surface area contributed by atoms with Crippen molar-refractivity contribution in [1.29, 1.82) is 0 Å². The smallest absolute Gasteiger partial charge is 0.226 e. The van der Waals surface area contributed by atoms with E-state index in [4.69, 9.17) is 12.2 Å². The van der Waals surface area contributed by atoms with Crippen LogP contribution in [-0.2, 0) is 6.54 Å². The molecule has 1 aliphatic carbocycles. The fourth-order valence-electron chi connectivity index (χ4n) is 3.02. The minimum Gasteiger partial charge on any atom is -0.335 e. The summed E-state index contributed by atoms with van der Waals surface area (Å²) in [5.41, 5.74) is 1.05. The van der Waals surface area contributed by atoms with Crippen LogP contribution in [0.1, 0.15) is 44.3 Å². The Morgan fingerprint density at radius 2 is 2.19 bits per heavy atom. The van der Waals surface area contributed by atoms with Crippen LogP contribution in [0.4, 0.5) is 5.95 Å². The molecule has 2 heterocycles. The number of nitrogens with zero attached hydrogens (tertiary/aromatic N) is 4. The molecule has 6 heteroatoms. The summed E-state index contributed by atoms with van der Waals surface area (Å²) in [6.45, 7) is 3.77. The summed E-state index contributed by atoms with van der Waals surface area (Å²) in [6, 6.07) is 6.49. The molecule has 1 fully saturated rings. The van der Waals surface area contributed by atoms with Crippen LogP contribution in [0.25, 0.3) is 0 Å². The quantitative estimate of drug-likeness (QED) is 0.859. The van der Waals surface area contributed by atoms with E-state index in [2.05, 4.69) is 31.6 Å². The average molecular weight is 303 g/mol. The van der Waals surface area contributed by atoms with Crippen molar-refractivity contribution in [2.45, 2.75) is 45.2 Å². The Morgan fingerprint density at radius 1 is 1.38 bits per heavy atom. The van der Waals surface area contributed by atoms with Gasteiger partial charge in [-0.3, -0.25) is 9.55 Å². The molecule has 0 spiro atoms. The minimum atomic E-state index is 0.490. The number of aromatic nitrogens is 4. The lowest BCUT2D eigenvalue weighted by molar-refractivity contribution is 0.505. The molecule has 0 bridgehead atoms. The van der Waals surface area contributed by atoms with E-state index < -0.39 is 0 Å². The zero-order valence-electron chi connectivity index (χ0n) is 12.3. The molecule has 21 heavy (non-hydrogen) atoms. The molecule has 0 unspecified atom stereocenters. The fourth-order valence-corrected chi connectivity index (χ4v) is 3.30. The van der Waals surface area contributed by atoms with E-state index in [1.54, 1.807) is 0 Å². The number of H-pyrrole nitrogens is 1. The fraction of sp³-hybridized carbons (Fsp3) is 0.533. The molecule has 0 aliphatic heterocycles. The average Bonchev–Trinajstić information content (AvgIpc) is 3.15. The Bertz CT molecular complexity index is 627. The van der Waals surface area contributed by atoms with E-state index in [1.807, 2.05) is 24.4 Å². The maximum Gasteiger partial charge on any atom is 0.226 e. The van der Waals surface area contributed by atoms with Gasteiger partial charge in [0.05, 0.1) is 12.2 Å². The second kappa shape index (κ2) is 6.39. The normalized spacial score (nSPS) is 15.5. The second-order valence-electron chi connectivity index (χ2n) is 5.47. The lowest BCUT2D eigenvalue weighted by atomic mass is 10.2. The van der Waals surface area contributed by atoms with Gasteiger partial charge in [0.1, 0.15) is 0 Å². The molecule has 1 aliphatic rings. The predicted molar refractivity (Wildman–Crippen MR) is 85.9 cm³/mol. The van der Waals surface area contributed by atoms with E-state index >= 15 is 0 Å². The molecule has 0 aromatic carbocycles. The van der Waals surface area contributed by atoms with E-state index in [9.17, 15) is 0 Å². The molecule has 0 radical (unpaired) electrons. The maximum absolute atomic E-state index is 5.44. The predicted octanol–water partition coefficient (Wildman–Crippen LogP) is 3.48. The third-order valence-electron chi connectivity index (χ3n) is 4.12. The van der Waals surface area contributed by atoms with Crippen molar-refractivity contribution in [3.8, 4) is 0 Å². The van der Waals surface area contributed by atoms with Gasteiger partial charge in [-0.25, -0.2) is 5.10 Å². The van der Waals surface area contributed by atoms with Crippen molar-refractivity contribution >= 4 is 18.2 Å². The van der Waals surface area contributed by atoms with Crippen LogP contribution >= 0.6 is 12.2 Å². The molecule has 1 N–H and O–H groups in total. The number of rotatable bonds is 5. The number of anilines is 1. The first-order valence-corrected chi connectivity index (χ1v) is 8.02. The monoisotopic (exact) mass is 303 g/mol. The highest BCUT2D eigenvalue weighted by Gasteiger charge is 2.23. The lowest BCUT2D eigenvalue weighted by Crippen LogP contribution is -2.27. The van der Waals surface area contributed by atoms with Crippen LogP contribution < -0.4 is 4.90 Å². The molecule has 5 nitrogen and oxygen atoms in total. The molecule has 2 aromatic heterocycles. The number of aromatic amines is 1. The Labute approximate surface area is 130 Å². The molecule has 112 valence electrons. The van der Waals surface area contributed by atoms with Crippen molar-refractivity contribution in [2.75, 3.05) is 11.4 Å². The molecular weight excluding hydrogens is 282 g/mol. The minimum absolute atomic E-state index is 0.490. The van der Waals surface area contributed by atoms with Gasteiger partial charge in [0, 0.05) is 18.8 Å². The van der Waals surface area contributed by atoms with Crippen molar-refractivity contribution in [1.82, 2.24) is 19.7 Å². The van der Waals surface area contributed by atoms with Crippen LogP contribution in [0.3, 0.4) is 0 Å². The summed E-state index contributed by atoms with van der Waals surface area (Å²) < 4.78 is 2.94. The Kier molecular flexibility index (Phi) is 4.34. The molecular formula is C15H21N5S. The topological polar surface area (TPSA) is 49.7 Å². The molecule has 0 amide bonds. The van der Waals surface area contributed by atoms with Crippen molar-refractivity contribution in [3.05, 3.63) is 34.9 Å². The zero-order valence-corrected chi connectivity index (χ0v) is 13.1. The summed E-state index contributed by atoms with van der Waals surface area (Å²) in [6.07, 6.45) is 6.79. The first-order valence-electron chi connectivity index (χ1n) is 7.61. The van der Waals surface area contributed by atoms with Crippen LogP contribution in [0, 0.1) is 4.77 Å². The van der Waals surface area contributed by atoms with Gasteiger partial charge >= 0.3 is 0 Å². The van der Waals surface area contributed by atoms with Crippen molar-refractivity contribution in [2.24, 2.45) is 0 Å². The number of hydrogen-bond acceptors (Lipinski definition) is 4. The van der Waals surface area contributed by atoms with Crippen LogP contribution in [0.15, 0.2) is 24.4 Å². The highest BCUT2D eigenvalue weighted by molar-refractivity contribution is 7.71. The van der Waals surface area contributed by atoms with Gasteiger partial charge in [-0.15, -0.1) is 5.10 Å². The SMILES string of the molecule is CCN(Cc1ccccn1)c1n[nH]c(=S)n1C1CCCC1.